The van der Waals surface area contributed by atoms with Crippen LogP contribution in [0.2, 0.25) is 0 Å². The molecule has 0 aliphatic carbocycles. The number of para-hydroxylation sites is 1. The molecule has 0 spiro atoms. The second-order valence-corrected chi connectivity index (χ2v) is 4.32. The molecule has 1 aromatic rings. The number of anilines is 1. The molecule has 100 valence electrons. The van der Waals surface area contributed by atoms with Crippen LogP contribution in [0, 0.1) is 5.92 Å². The molecule has 5 nitrogen and oxygen atoms in total. The number of hydrogen-bond donors (Lipinski definition) is 2. The van der Waals surface area contributed by atoms with Crippen molar-refractivity contribution in [2.24, 2.45) is 11.7 Å². The highest BCUT2D eigenvalue weighted by atomic mass is 16.5. The molecule has 1 amide bonds. The van der Waals surface area contributed by atoms with Gasteiger partial charge >= 0.3 is 6.09 Å². The van der Waals surface area contributed by atoms with Crippen molar-refractivity contribution < 1.29 is 14.3 Å². The molecule has 0 atom stereocenters. The molecule has 0 saturated carbocycles. The molecular weight excluding hydrogens is 232 g/mol. The first kappa shape index (κ1) is 14.3. The summed E-state index contributed by atoms with van der Waals surface area (Å²) in [7, 11) is 1.54. The van der Waals surface area contributed by atoms with Gasteiger partial charge in [-0.1, -0.05) is 26.0 Å². The standard InChI is InChI=1S/C13H20N2O3/c1-9(2)8-18-13(16)15-12-10(7-14)5-4-6-11(12)17-3/h4-6,9H,7-8,14H2,1-3H3,(H,15,16). The smallest absolute Gasteiger partial charge is 0.411 e. The minimum atomic E-state index is -0.497. The summed E-state index contributed by atoms with van der Waals surface area (Å²) in [5.41, 5.74) is 6.99. The first-order valence-corrected chi connectivity index (χ1v) is 5.88. The van der Waals surface area contributed by atoms with Crippen molar-refractivity contribution in [3.8, 4) is 5.75 Å². The zero-order valence-electron chi connectivity index (χ0n) is 11.0. The predicted octanol–water partition coefficient (Wildman–Crippen LogP) is 2.36. The molecule has 18 heavy (non-hydrogen) atoms. The van der Waals surface area contributed by atoms with Crippen LogP contribution < -0.4 is 15.8 Å². The van der Waals surface area contributed by atoms with Crippen LogP contribution in [0.1, 0.15) is 19.4 Å². The molecule has 0 unspecified atom stereocenters. The monoisotopic (exact) mass is 252 g/mol. The third kappa shape index (κ3) is 3.92. The van der Waals surface area contributed by atoms with E-state index in [1.165, 1.54) is 0 Å². The quantitative estimate of drug-likeness (QED) is 0.843. The molecule has 3 N–H and O–H groups in total. The zero-order valence-corrected chi connectivity index (χ0v) is 11.0. The number of carbonyl (C=O) groups is 1. The Balaban J connectivity index is 2.79. The normalized spacial score (nSPS) is 10.3. The average molecular weight is 252 g/mol. The summed E-state index contributed by atoms with van der Waals surface area (Å²) >= 11 is 0. The van der Waals surface area contributed by atoms with Gasteiger partial charge in [0.25, 0.3) is 0 Å². The number of rotatable bonds is 5. The van der Waals surface area contributed by atoms with Crippen molar-refractivity contribution in [1.82, 2.24) is 0 Å². The van der Waals surface area contributed by atoms with Gasteiger partial charge in [0.05, 0.1) is 19.4 Å². The highest BCUT2D eigenvalue weighted by Gasteiger charge is 2.12. The van der Waals surface area contributed by atoms with Gasteiger partial charge < -0.3 is 15.2 Å². The van der Waals surface area contributed by atoms with Gasteiger partial charge in [-0.15, -0.1) is 0 Å². The van der Waals surface area contributed by atoms with Crippen LogP contribution in [-0.4, -0.2) is 19.8 Å². The first-order valence-electron chi connectivity index (χ1n) is 5.88. The zero-order chi connectivity index (χ0) is 13.5. The molecule has 0 saturated heterocycles. The second kappa shape index (κ2) is 6.86. The summed E-state index contributed by atoms with van der Waals surface area (Å²) in [6.07, 6.45) is -0.497. The van der Waals surface area contributed by atoms with Crippen LogP contribution in [-0.2, 0) is 11.3 Å². The summed E-state index contributed by atoms with van der Waals surface area (Å²) in [6.45, 7) is 4.64. The van der Waals surface area contributed by atoms with Gasteiger partial charge in [-0.3, -0.25) is 5.32 Å². The fourth-order valence-electron chi connectivity index (χ4n) is 1.44. The van der Waals surface area contributed by atoms with Crippen molar-refractivity contribution in [2.75, 3.05) is 19.0 Å². The largest absolute Gasteiger partial charge is 0.495 e. The third-order valence-corrected chi connectivity index (χ3v) is 2.33. The topological polar surface area (TPSA) is 73.6 Å². The van der Waals surface area contributed by atoms with Gasteiger partial charge in [0.1, 0.15) is 5.75 Å². The van der Waals surface area contributed by atoms with E-state index in [0.29, 0.717) is 30.5 Å². The number of nitrogens with two attached hydrogens (primary N) is 1. The molecule has 0 aromatic heterocycles. The minimum absolute atomic E-state index is 0.294. The summed E-state index contributed by atoms with van der Waals surface area (Å²) in [6, 6.07) is 5.42. The van der Waals surface area contributed by atoms with Crippen molar-refractivity contribution >= 4 is 11.8 Å². The van der Waals surface area contributed by atoms with E-state index in [-0.39, 0.29) is 0 Å². The summed E-state index contributed by atoms with van der Waals surface area (Å²) < 4.78 is 10.2. The Morgan fingerprint density at radius 1 is 1.44 bits per heavy atom. The van der Waals surface area contributed by atoms with Crippen LogP contribution in [0.4, 0.5) is 10.5 Å². The highest BCUT2D eigenvalue weighted by molar-refractivity contribution is 5.88. The Morgan fingerprint density at radius 3 is 2.72 bits per heavy atom. The number of hydrogen-bond acceptors (Lipinski definition) is 4. The number of benzene rings is 1. The Bertz CT molecular complexity index is 383. The van der Waals surface area contributed by atoms with Crippen molar-refractivity contribution in [3.63, 3.8) is 0 Å². The SMILES string of the molecule is COc1cccc(CN)c1NC(=O)OCC(C)C. The molecule has 1 aromatic carbocycles. The number of methoxy groups -OCH3 is 1. The molecule has 0 radical (unpaired) electrons. The number of carbonyl (C=O) groups excluding carboxylic acids is 1. The van der Waals surface area contributed by atoms with E-state index in [0.717, 1.165) is 5.56 Å². The van der Waals surface area contributed by atoms with Crippen LogP contribution in [0.15, 0.2) is 18.2 Å². The van der Waals surface area contributed by atoms with E-state index in [9.17, 15) is 4.79 Å². The van der Waals surface area contributed by atoms with Crippen molar-refractivity contribution in [3.05, 3.63) is 23.8 Å². The lowest BCUT2D eigenvalue weighted by Crippen LogP contribution is -2.18. The molecule has 0 aliphatic rings. The van der Waals surface area contributed by atoms with E-state index >= 15 is 0 Å². The van der Waals surface area contributed by atoms with E-state index in [2.05, 4.69) is 5.32 Å². The number of amides is 1. The summed E-state index contributed by atoms with van der Waals surface area (Å²) in [5, 5.41) is 2.67. The Labute approximate surface area is 107 Å². The Hall–Kier alpha value is -1.75. The average Bonchev–Trinajstić information content (AvgIpc) is 2.36. The van der Waals surface area contributed by atoms with Gasteiger partial charge in [0.15, 0.2) is 0 Å². The van der Waals surface area contributed by atoms with Crippen LogP contribution in [0.5, 0.6) is 5.75 Å². The van der Waals surface area contributed by atoms with Crippen molar-refractivity contribution in [1.29, 1.82) is 0 Å². The van der Waals surface area contributed by atoms with E-state index in [1.807, 2.05) is 26.0 Å². The highest BCUT2D eigenvalue weighted by Crippen LogP contribution is 2.28. The van der Waals surface area contributed by atoms with Gasteiger partial charge in [-0.05, 0) is 17.5 Å². The maximum absolute atomic E-state index is 11.6. The van der Waals surface area contributed by atoms with Crippen LogP contribution in [0.3, 0.4) is 0 Å². The Morgan fingerprint density at radius 2 is 2.17 bits per heavy atom. The maximum Gasteiger partial charge on any atom is 0.411 e. The van der Waals surface area contributed by atoms with Gasteiger partial charge in [0, 0.05) is 6.54 Å². The fraction of sp³-hybridized carbons (Fsp3) is 0.462. The lowest BCUT2D eigenvalue weighted by molar-refractivity contribution is 0.147. The third-order valence-electron chi connectivity index (χ3n) is 2.33. The van der Waals surface area contributed by atoms with Gasteiger partial charge in [0.2, 0.25) is 0 Å². The summed E-state index contributed by atoms with van der Waals surface area (Å²) in [4.78, 5) is 11.6. The fourth-order valence-corrected chi connectivity index (χ4v) is 1.44. The van der Waals surface area contributed by atoms with E-state index < -0.39 is 6.09 Å². The predicted molar refractivity (Wildman–Crippen MR) is 70.7 cm³/mol. The molecule has 1 rings (SSSR count). The number of nitrogens with one attached hydrogen (secondary N) is 1. The molecule has 0 aliphatic heterocycles. The lowest BCUT2D eigenvalue weighted by Gasteiger charge is -2.14. The number of ether oxygens (including phenoxy) is 2. The van der Waals surface area contributed by atoms with Gasteiger partial charge in [-0.2, -0.15) is 0 Å². The van der Waals surface area contributed by atoms with Crippen LogP contribution in [0.25, 0.3) is 0 Å². The maximum atomic E-state index is 11.6. The van der Waals surface area contributed by atoms with E-state index in [4.69, 9.17) is 15.2 Å². The Kier molecular flexibility index (Phi) is 5.45. The van der Waals surface area contributed by atoms with Gasteiger partial charge in [-0.25, -0.2) is 4.79 Å². The van der Waals surface area contributed by atoms with Crippen molar-refractivity contribution in [2.45, 2.75) is 20.4 Å². The molecule has 0 bridgehead atoms. The van der Waals surface area contributed by atoms with Crippen LogP contribution >= 0.6 is 0 Å². The minimum Gasteiger partial charge on any atom is -0.495 e. The second-order valence-electron chi connectivity index (χ2n) is 4.32. The molecule has 0 fully saturated rings. The molecule has 0 heterocycles. The lowest BCUT2D eigenvalue weighted by atomic mass is 10.1. The molecule has 5 heteroatoms. The summed E-state index contributed by atoms with van der Waals surface area (Å²) in [5.74, 6) is 0.863. The first-order chi connectivity index (χ1) is 8.58. The van der Waals surface area contributed by atoms with E-state index in [1.54, 1.807) is 13.2 Å². The molecular formula is C13H20N2O3.